The molecule has 0 saturated carbocycles. The van der Waals surface area contributed by atoms with Gasteiger partial charge in [0.2, 0.25) is 10.0 Å². The fraction of sp³-hybridized carbons (Fsp3) is 0.235. The van der Waals surface area contributed by atoms with Crippen molar-refractivity contribution >= 4 is 38.9 Å². The highest BCUT2D eigenvalue weighted by Crippen LogP contribution is 2.22. The molecule has 0 aliphatic rings. The number of rotatable bonds is 4. The summed E-state index contributed by atoms with van der Waals surface area (Å²) in [6, 6.07) is 7.60. The van der Waals surface area contributed by atoms with Gasteiger partial charge < -0.3 is 5.32 Å². The molecular formula is C17H18ClN5O3S. The lowest BCUT2D eigenvalue weighted by molar-refractivity contribution is 0.102. The molecule has 0 saturated heterocycles. The van der Waals surface area contributed by atoms with E-state index in [-0.39, 0.29) is 15.6 Å². The molecule has 3 aromatic rings. The van der Waals surface area contributed by atoms with Crippen LogP contribution in [0.5, 0.6) is 0 Å². The first kappa shape index (κ1) is 19.3. The lowest BCUT2D eigenvalue weighted by Gasteiger charge is -2.20. The van der Waals surface area contributed by atoms with Crippen LogP contribution >= 0.6 is 11.6 Å². The van der Waals surface area contributed by atoms with E-state index >= 15 is 0 Å². The number of hydrogen-bond donors (Lipinski definition) is 2. The molecule has 142 valence electrons. The van der Waals surface area contributed by atoms with Gasteiger partial charge in [-0.3, -0.25) is 4.79 Å². The van der Waals surface area contributed by atoms with E-state index in [0.717, 1.165) is 0 Å². The highest BCUT2D eigenvalue weighted by Gasteiger charge is 2.23. The number of amides is 1. The molecule has 0 bridgehead atoms. The van der Waals surface area contributed by atoms with E-state index in [1.54, 1.807) is 51.4 Å². The summed E-state index contributed by atoms with van der Waals surface area (Å²) < 4.78 is 28.9. The first-order chi connectivity index (χ1) is 12.6. The number of fused-ring (bicyclic) bond motifs is 1. The van der Waals surface area contributed by atoms with Gasteiger partial charge in [0.1, 0.15) is 5.02 Å². The number of carbonyl (C=O) groups is 1. The normalized spacial score (nSPS) is 12.3. The van der Waals surface area contributed by atoms with Crippen molar-refractivity contribution in [2.45, 2.75) is 31.2 Å². The first-order valence-corrected chi connectivity index (χ1v) is 9.87. The number of sulfonamides is 1. The Hall–Kier alpha value is -2.49. The number of anilines is 1. The third kappa shape index (κ3) is 4.26. The Labute approximate surface area is 161 Å². The molecule has 0 spiro atoms. The van der Waals surface area contributed by atoms with E-state index in [0.29, 0.717) is 11.3 Å². The molecule has 1 aromatic carbocycles. The minimum absolute atomic E-state index is 0.00329. The lowest BCUT2D eigenvalue weighted by atomic mass is 10.1. The molecule has 0 aliphatic carbocycles. The van der Waals surface area contributed by atoms with Gasteiger partial charge in [0.15, 0.2) is 11.3 Å². The average molecular weight is 408 g/mol. The SMILES string of the molecule is CC(C)(C)NS(=O)(=O)c1cccc(NC(=O)c2nn3cccnc3c2Cl)c1. The van der Waals surface area contributed by atoms with Crippen molar-refractivity contribution in [1.82, 2.24) is 19.3 Å². The van der Waals surface area contributed by atoms with Crippen molar-refractivity contribution in [3.63, 3.8) is 0 Å². The molecule has 27 heavy (non-hydrogen) atoms. The zero-order valence-electron chi connectivity index (χ0n) is 14.9. The van der Waals surface area contributed by atoms with Crippen molar-refractivity contribution in [1.29, 1.82) is 0 Å². The third-order valence-electron chi connectivity index (χ3n) is 3.40. The zero-order valence-corrected chi connectivity index (χ0v) is 16.5. The predicted octanol–water partition coefficient (Wildman–Crippen LogP) is 2.71. The van der Waals surface area contributed by atoms with E-state index in [9.17, 15) is 13.2 Å². The van der Waals surface area contributed by atoms with Crippen LogP contribution in [0.4, 0.5) is 5.69 Å². The van der Waals surface area contributed by atoms with Crippen LogP contribution in [0, 0.1) is 0 Å². The maximum absolute atomic E-state index is 12.5. The predicted molar refractivity (Wildman–Crippen MR) is 102 cm³/mol. The molecule has 0 radical (unpaired) electrons. The van der Waals surface area contributed by atoms with Crippen LogP contribution in [0.25, 0.3) is 5.65 Å². The summed E-state index contributed by atoms with van der Waals surface area (Å²) in [6.45, 7) is 5.24. The highest BCUT2D eigenvalue weighted by atomic mass is 35.5. The number of benzene rings is 1. The third-order valence-corrected chi connectivity index (χ3v) is 5.50. The summed E-state index contributed by atoms with van der Waals surface area (Å²) in [5.74, 6) is -0.566. The van der Waals surface area contributed by atoms with Gasteiger partial charge in [0.05, 0.1) is 4.90 Å². The number of nitrogens with one attached hydrogen (secondary N) is 2. The van der Waals surface area contributed by atoms with Gasteiger partial charge in [0, 0.05) is 23.6 Å². The summed E-state index contributed by atoms with van der Waals surface area (Å²) >= 11 is 6.18. The molecule has 2 aromatic heterocycles. The van der Waals surface area contributed by atoms with Crippen molar-refractivity contribution in [2.75, 3.05) is 5.32 Å². The van der Waals surface area contributed by atoms with Crippen molar-refractivity contribution < 1.29 is 13.2 Å². The largest absolute Gasteiger partial charge is 0.321 e. The highest BCUT2D eigenvalue weighted by molar-refractivity contribution is 7.89. The Morgan fingerprint density at radius 1 is 1.22 bits per heavy atom. The summed E-state index contributed by atoms with van der Waals surface area (Å²) in [5.41, 5.74) is 0.0270. The van der Waals surface area contributed by atoms with Gasteiger partial charge in [-0.05, 0) is 45.0 Å². The standard InChI is InChI=1S/C17H18ClN5O3S/c1-17(2,3)22-27(25,26)12-7-4-6-11(10-12)20-16(24)14-13(18)15-19-8-5-9-23(15)21-14/h4-10,22H,1-3H3,(H,20,24). The summed E-state index contributed by atoms with van der Waals surface area (Å²) in [5, 5.41) is 6.84. The summed E-state index contributed by atoms with van der Waals surface area (Å²) in [6.07, 6.45) is 3.16. The van der Waals surface area contributed by atoms with E-state index in [2.05, 4.69) is 20.1 Å². The minimum Gasteiger partial charge on any atom is -0.321 e. The molecule has 0 aliphatic heterocycles. The molecule has 0 unspecified atom stereocenters. The Kier molecular flexibility index (Phi) is 4.94. The van der Waals surface area contributed by atoms with Gasteiger partial charge in [0.25, 0.3) is 5.91 Å². The Balaban J connectivity index is 1.88. The number of aromatic nitrogens is 3. The van der Waals surface area contributed by atoms with Crippen LogP contribution in [0.15, 0.2) is 47.6 Å². The second-order valence-corrected chi connectivity index (χ2v) is 8.95. The van der Waals surface area contributed by atoms with Crippen molar-refractivity contribution in [3.05, 3.63) is 53.4 Å². The van der Waals surface area contributed by atoms with Gasteiger partial charge in [-0.15, -0.1) is 0 Å². The smallest absolute Gasteiger partial charge is 0.277 e. The van der Waals surface area contributed by atoms with Crippen molar-refractivity contribution in [2.24, 2.45) is 0 Å². The molecule has 8 nitrogen and oxygen atoms in total. The maximum Gasteiger partial charge on any atom is 0.277 e. The van der Waals surface area contributed by atoms with Crippen LogP contribution in [0.3, 0.4) is 0 Å². The molecular weight excluding hydrogens is 390 g/mol. The molecule has 0 fully saturated rings. The van der Waals surface area contributed by atoms with Crippen LogP contribution in [-0.2, 0) is 10.0 Å². The van der Waals surface area contributed by atoms with Crippen LogP contribution in [0.2, 0.25) is 5.02 Å². The first-order valence-electron chi connectivity index (χ1n) is 8.01. The zero-order chi connectivity index (χ0) is 19.8. The number of carbonyl (C=O) groups excluding carboxylic acids is 1. The summed E-state index contributed by atoms with van der Waals surface area (Å²) in [4.78, 5) is 16.6. The Bertz CT molecular complexity index is 1120. The topological polar surface area (TPSA) is 105 Å². The van der Waals surface area contributed by atoms with E-state index in [1.165, 1.54) is 16.6 Å². The molecule has 10 heteroatoms. The minimum atomic E-state index is -3.73. The average Bonchev–Trinajstić information content (AvgIpc) is 2.90. The molecule has 2 heterocycles. The monoisotopic (exact) mass is 407 g/mol. The quantitative estimate of drug-likeness (QED) is 0.691. The van der Waals surface area contributed by atoms with Gasteiger partial charge in [-0.25, -0.2) is 22.6 Å². The van der Waals surface area contributed by atoms with Crippen LogP contribution in [0.1, 0.15) is 31.3 Å². The van der Waals surface area contributed by atoms with Crippen LogP contribution < -0.4 is 10.0 Å². The molecule has 2 N–H and O–H groups in total. The lowest BCUT2D eigenvalue weighted by Crippen LogP contribution is -2.40. The van der Waals surface area contributed by atoms with Gasteiger partial charge in [-0.2, -0.15) is 5.10 Å². The number of hydrogen-bond acceptors (Lipinski definition) is 5. The van der Waals surface area contributed by atoms with E-state index in [1.807, 2.05) is 0 Å². The van der Waals surface area contributed by atoms with Crippen molar-refractivity contribution in [3.8, 4) is 0 Å². The fourth-order valence-electron chi connectivity index (χ4n) is 2.40. The van der Waals surface area contributed by atoms with Crippen LogP contribution in [-0.4, -0.2) is 34.5 Å². The summed E-state index contributed by atoms with van der Waals surface area (Å²) in [7, 11) is -3.73. The van der Waals surface area contributed by atoms with Gasteiger partial charge in [-0.1, -0.05) is 17.7 Å². The second-order valence-electron chi connectivity index (χ2n) is 6.89. The Morgan fingerprint density at radius 2 is 1.96 bits per heavy atom. The molecule has 3 rings (SSSR count). The van der Waals surface area contributed by atoms with E-state index in [4.69, 9.17) is 11.6 Å². The second kappa shape index (κ2) is 6.91. The molecule has 1 amide bonds. The fourth-order valence-corrected chi connectivity index (χ4v) is 4.12. The Morgan fingerprint density at radius 3 is 2.63 bits per heavy atom. The number of nitrogens with zero attached hydrogens (tertiary/aromatic N) is 3. The molecule has 0 atom stereocenters. The number of halogens is 1. The van der Waals surface area contributed by atoms with Gasteiger partial charge >= 0.3 is 0 Å². The van der Waals surface area contributed by atoms with E-state index < -0.39 is 21.5 Å². The maximum atomic E-state index is 12.5.